The quantitative estimate of drug-likeness (QED) is 0.177. The molecule has 0 N–H and O–H groups in total. The maximum Gasteiger partial charge on any atom is 0.159 e. The standard InChI is InChI=1S/C48H30N2O/c1-2-13-33(14-3-1)50-43-20-8-6-16-39(43)41-18-10-21-44(47(41)50)49(45-22-11-19-42-40-17-7-9-23-46(40)51-48(42)45)34-26-29-36-32(30-34)25-28-37-35-15-5-4-12-31(35)24-27-38(36)37/h1-30H. The Bertz CT molecular complexity index is 3150. The van der Waals surface area contributed by atoms with Gasteiger partial charge in [-0.05, 0) is 80.8 Å². The molecular weight excluding hydrogens is 621 g/mol. The molecule has 0 fully saturated rings. The molecule has 51 heavy (non-hydrogen) atoms. The van der Waals surface area contributed by atoms with Gasteiger partial charge in [0, 0.05) is 32.9 Å². The first-order valence-corrected chi connectivity index (χ1v) is 17.4. The number of benzene rings is 9. The van der Waals surface area contributed by atoms with E-state index in [1.165, 1.54) is 48.6 Å². The van der Waals surface area contributed by atoms with Gasteiger partial charge in [0.15, 0.2) is 5.58 Å². The van der Waals surface area contributed by atoms with Crippen LogP contribution in [0.1, 0.15) is 0 Å². The van der Waals surface area contributed by atoms with Crippen molar-refractivity contribution in [3.05, 3.63) is 182 Å². The fourth-order valence-corrected chi connectivity index (χ4v) is 8.30. The second-order valence-electron chi connectivity index (χ2n) is 13.3. The molecule has 0 aliphatic rings. The van der Waals surface area contributed by atoms with Gasteiger partial charge in [-0.3, -0.25) is 0 Å². The Hall–Kier alpha value is -6.84. The molecule has 0 amide bonds. The number of anilines is 3. The van der Waals surface area contributed by atoms with E-state index in [9.17, 15) is 0 Å². The Labute approximate surface area is 293 Å². The highest BCUT2D eigenvalue weighted by atomic mass is 16.3. The molecule has 2 aromatic heterocycles. The molecule has 11 aromatic rings. The number of fused-ring (bicyclic) bond motifs is 11. The van der Waals surface area contributed by atoms with E-state index in [2.05, 4.69) is 185 Å². The zero-order valence-electron chi connectivity index (χ0n) is 27.6. The van der Waals surface area contributed by atoms with Gasteiger partial charge in [-0.2, -0.15) is 0 Å². The summed E-state index contributed by atoms with van der Waals surface area (Å²) in [5.41, 5.74) is 8.31. The molecule has 0 atom stereocenters. The van der Waals surface area contributed by atoms with Crippen LogP contribution in [0.2, 0.25) is 0 Å². The summed E-state index contributed by atoms with van der Waals surface area (Å²) in [4.78, 5) is 2.40. The van der Waals surface area contributed by atoms with Crippen molar-refractivity contribution in [2.45, 2.75) is 0 Å². The second kappa shape index (κ2) is 10.8. The van der Waals surface area contributed by atoms with Gasteiger partial charge < -0.3 is 13.9 Å². The topological polar surface area (TPSA) is 21.3 Å². The number of nitrogens with zero attached hydrogens (tertiary/aromatic N) is 2. The Morgan fingerprint density at radius 1 is 0.392 bits per heavy atom. The third-order valence-corrected chi connectivity index (χ3v) is 10.5. The van der Waals surface area contributed by atoms with Crippen molar-refractivity contribution in [1.29, 1.82) is 0 Å². The minimum absolute atomic E-state index is 0.864. The molecule has 3 heteroatoms. The normalized spacial score (nSPS) is 11.9. The summed E-state index contributed by atoms with van der Waals surface area (Å²) in [5, 5.41) is 12.1. The number of hydrogen-bond donors (Lipinski definition) is 0. The fraction of sp³-hybridized carbons (Fsp3) is 0. The molecule has 2 heterocycles. The van der Waals surface area contributed by atoms with Crippen LogP contribution in [-0.4, -0.2) is 4.57 Å². The van der Waals surface area contributed by atoms with Gasteiger partial charge in [-0.15, -0.1) is 0 Å². The summed E-state index contributed by atoms with van der Waals surface area (Å²) >= 11 is 0. The van der Waals surface area contributed by atoms with Gasteiger partial charge in [0.1, 0.15) is 5.58 Å². The molecular formula is C48H30N2O. The molecule has 3 nitrogen and oxygen atoms in total. The molecule has 0 spiro atoms. The summed E-state index contributed by atoms with van der Waals surface area (Å²) in [5.74, 6) is 0. The first-order valence-electron chi connectivity index (χ1n) is 17.4. The molecule has 0 aliphatic carbocycles. The van der Waals surface area contributed by atoms with Crippen molar-refractivity contribution >= 4 is 93.1 Å². The smallest absolute Gasteiger partial charge is 0.159 e. The van der Waals surface area contributed by atoms with Gasteiger partial charge in [-0.1, -0.05) is 133 Å². The number of rotatable bonds is 4. The molecule has 0 aliphatic heterocycles. The Morgan fingerprint density at radius 3 is 1.88 bits per heavy atom. The van der Waals surface area contributed by atoms with Crippen LogP contribution in [0.4, 0.5) is 17.1 Å². The van der Waals surface area contributed by atoms with E-state index in [4.69, 9.17) is 4.42 Å². The number of para-hydroxylation sites is 5. The van der Waals surface area contributed by atoms with E-state index >= 15 is 0 Å². The predicted octanol–water partition coefficient (Wildman–Crippen LogP) is 13.6. The summed E-state index contributed by atoms with van der Waals surface area (Å²) in [6, 6.07) is 65.5. The lowest BCUT2D eigenvalue weighted by atomic mass is 9.96. The molecule has 0 saturated carbocycles. The first-order chi connectivity index (χ1) is 25.3. The third kappa shape index (κ3) is 4.12. The lowest BCUT2D eigenvalue weighted by molar-refractivity contribution is 0.669. The highest BCUT2D eigenvalue weighted by Crippen LogP contribution is 2.47. The largest absolute Gasteiger partial charge is 0.454 e. The van der Waals surface area contributed by atoms with E-state index in [0.29, 0.717) is 0 Å². The van der Waals surface area contributed by atoms with Crippen LogP contribution in [0.25, 0.3) is 81.7 Å². The van der Waals surface area contributed by atoms with Gasteiger partial charge in [0.25, 0.3) is 0 Å². The second-order valence-corrected chi connectivity index (χ2v) is 13.3. The van der Waals surface area contributed by atoms with Crippen molar-refractivity contribution in [2.75, 3.05) is 4.90 Å². The molecule has 0 unspecified atom stereocenters. The maximum atomic E-state index is 6.73. The number of furan rings is 1. The van der Waals surface area contributed by atoms with Crippen molar-refractivity contribution in [3.8, 4) is 5.69 Å². The summed E-state index contributed by atoms with van der Waals surface area (Å²) in [6.07, 6.45) is 0. The zero-order chi connectivity index (χ0) is 33.5. The van der Waals surface area contributed by atoms with Crippen molar-refractivity contribution in [1.82, 2.24) is 4.57 Å². The lowest BCUT2D eigenvalue weighted by Gasteiger charge is -2.27. The monoisotopic (exact) mass is 650 g/mol. The molecule has 238 valence electrons. The number of aromatic nitrogens is 1. The molecule has 11 rings (SSSR count). The van der Waals surface area contributed by atoms with Crippen molar-refractivity contribution in [3.63, 3.8) is 0 Å². The van der Waals surface area contributed by atoms with Crippen LogP contribution in [0, 0.1) is 0 Å². The summed E-state index contributed by atoms with van der Waals surface area (Å²) < 4.78 is 9.14. The van der Waals surface area contributed by atoms with Gasteiger partial charge in [-0.25, -0.2) is 0 Å². The molecule has 9 aromatic carbocycles. The van der Waals surface area contributed by atoms with Crippen LogP contribution in [-0.2, 0) is 0 Å². The highest BCUT2D eigenvalue weighted by Gasteiger charge is 2.24. The Kier molecular flexibility index (Phi) is 5.96. The summed E-state index contributed by atoms with van der Waals surface area (Å²) in [7, 11) is 0. The van der Waals surface area contributed by atoms with E-state index in [1.807, 2.05) is 6.07 Å². The van der Waals surface area contributed by atoms with Crippen LogP contribution in [0.3, 0.4) is 0 Å². The van der Waals surface area contributed by atoms with E-state index < -0.39 is 0 Å². The maximum absolute atomic E-state index is 6.73. The van der Waals surface area contributed by atoms with Crippen LogP contribution < -0.4 is 4.90 Å². The fourth-order valence-electron chi connectivity index (χ4n) is 8.30. The van der Waals surface area contributed by atoms with Crippen molar-refractivity contribution < 1.29 is 4.42 Å². The van der Waals surface area contributed by atoms with Crippen molar-refractivity contribution in [2.24, 2.45) is 0 Å². The van der Waals surface area contributed by atoms with Crippen LogP contribution >= 0.6 is 0 Å². The third-order valence-electron chi connectivity index (χ3n) is 10.5. The van der Waals surface area contributed by atoms with E-state index in [1.54, 1.807) is 0 Å². The van der Waals surface area contributed by atoms with Gasteiger partial charge in [0.05, 0.1) is 22.4 Å². The molecule has 0 saturated heterocycles. The molecule has 0 radical (unpaired) electrons. The average Bonchev–Trinajstić information content (AvgIpc) is 3.75. The Morgan fingerprint density at radius 2 is 1.02 bits per heavy atom. The number of hydrogen-bond acceptors (Lipinski definition) is 2. The first kappa shape index (κ1) is 28.0. The highest BCUT2D eigenvalue weighted by molar-refractivity contribution is 6.19. The van der Waals surface area contributed by atoms with Crippen LogP contribution in [0.15, 0.2) is 186 Å². The summed E-state index contributed by atoms with van der Waals surface area (Å²) in [6.45, 7) is 0. The zero-order valence-corrected chi connectivity index (χ0v) is 27.6. The van der Waals surface area contributed by atoms with E-state index in [0.717, 1.165) is 50.2 Å². The van der Waals surface area contributed by atoms with E-state index in [-0.39, 0.29) is 0 Å². The lowest BCUT2D eigenvalue weighted by Crippen LogP contribution is -2.12. The van der Waals surface area contributed by atoms with Crippen LogP contribution in [0.5, 0.6) is 0 Å². The average molecular weight is 651 g/mol. The predicted molar refractivity (Wildman–Crippen MR) is 215 cm³/mol. The Balaban J connectivity index is 1.24. The SMILES string of the molecule is c1ccc(-n2c3ccccc3c3cccc(N(c4ccc5c(ccc6c7ccccc7ccc56)c4)c4cccc5c4oc4ccccc45)c32)cc1. The molecule has 0 bridgehead atoms. The minimum atomic E-state index is 0.864. The van der Waals surface area contributed by atoms with Gasteiger partial charge >= 0.3 is 0 Å². The minimum Gasteiger partial charge on any atom is -0.454 e. The van der Waals surface area contributed by atoms with Gasteiger partial charge in [0.2, 0.25) is 0 Å².